The maximum absolute atomic E-state index is 13.1. The summed E-state index contributed by atoms with van der Waals surface area (Å²) in [7, 11) is 3.45. The van der Waals surface area contributed by atoms with E-state index in [4.69, 9.17) is 9.47 Å². The fourth-order valence-corrected chi connectivity index (χ4v) is 4.97. The summed E-state index contributed by atoms with van der Waals surface area (Å²) >= 11 is 0. The van der Waals surface area contributed by atoms with Crippen molar-refractivity contribution in [3.8, 4) is 0 Å². The molecular weight excluding hydrogens is 464 g/mol. The minimum absolute atomic E-state index is 0.131. The van der Waals surface area contributed by atoms with Crippen LogP contribution in [0.4, 0.5) is 4.79 Å². The monoisotopic (exact) mass is 500 g/mol. The summed E-state index contributed by atoms with van der Waals surface area (Å²) in [6.45, 7) is 6.64. The van der Waals surface area contributed by atoms with Gasteiger partial charge >= 0.3 is 11.8 Å². The molecule has 2 fully saturated rings. The number of para-hydroxylation sites is 1. The molecule has 2 aliphatic rings. The molecular formula is C26H36N4O6. The maximum Gasteiger partial charge on any atom is 0.410 e. The number of aryl methyl sites for hydroxylation is 1. The summed E-state index contributed by atoms with van der Waals surface area (Å²) in [5, 5.41) is 2.35. The van der Waals surface area contributed by atoms with Gasteiger partial charge in [0, 0.05) is 33.7 Å². The lowest BCUT2D eigenvalue weighted by Gasteiger charge is -2.36. The van der Waals surface area contributed by atoms with Crippen molar-refractivity contribution < 1.29 is 23.9 Å². The van der Waals surface area contributed by atoms with Gasteiger partial charge in [-0.2, -0.15) is 0 Å². The topological polar surface area (TPSA) is 112 Å². The van der Waals surface area contributed by atoms with Gasteiger partial charge in [0.15, 0.2) is 0 Å². The number of hydrogen-bond acceptors (Lipinski definition) is 6. The fourth-order valence-electron chi connectivity index (χ4n) is 4.97. The van der Waals surface area contributed by atoms with Crippen LogP contribution >= 0.6 is 0 Å². The van der Waals surface area contributed by atoms with Crippen LogP contribution in [-0.4, -0.2) is 63.8 Å². The smallest absolute Gasteiger partial charge is 0.410 e. The largest absolute Gasteiger partial charge is 0.444 e. The van der Waals surface area contributed by atoms with Crippen molar-refractivity contribution >= 4 is 28.9 Å². The van der Waals surface area contributed by atoms with Crippen LogP contribution in [0.2, 0.25) is 0 Å². The Kier molecular flexibility index (Phi) is 7.26. The van der Waals surface area contributed by atoms with E-state index in [1.54, 1.807) is 23.6 Å². The third-order valence-electron chi connectivity index (χ3n) is 6.89. The Morgan fingerprint density at radius 2 is 1.92 bits per heavy atom. The van der Waals surface area contributed by atoms with E-state index in [1.165, 1.54) is 4.57 Å². The molecule has 0 spiro atoms. The van der Waals surface area contributed by atoms with Crippen LogP contribution in [0.5, 0.6) is 0 Å². The van der Waals surface area contributed by atoms with E-state index >= 15 is 0 Å². The zero-order valence-corrected chi connectivity index (χ0v) is 21.7. The highest BCUT2D eigenvalue weighted by Gasteiger charge is 2.35. The standard InChI is InChI=1S/C26H36N4O6/c1-26(2,3)36-25(34)28(4)12-7-13-35-17-14-16(15-17)18-8-6-9-19-22(18)29(5)24(33)30(19)20-10-11-21(31)27-23(20)32/h6,8-9,16-17,20H,7,10-15H2,1-5H3,(H,27,31,32). The summed E-state index contributed by atoms with van der Waals surface area (Å²) in [5.74, 6) is -0.478. The van der Waals surface area contributed by atoms with Crippen LogP contribution in [0.15, 0.2) is 23.0 Å². The van der Waals surface area contributed by atoms with Crippen molar-refractivity contribution in [3.05, 3.63) is 34.2 Å². The van der Waals surface area contributed by atoms with Crippen molar-refractivity contribution in [2.75, 3.05) is 20.2 Å². The van der Waals surface area contributed by atoms with Gasteiger partial charge in [-0.25, -0.2) is 9.59 Å². The number of ether oxygens (including phenoxy) is 2. The number of fused-ring (bicyclic) bond motifs is 1. The van der Waals surface area contributed by atoms with Gasteiger partial charge in [-0.1, -0.05) is 12.1 Å². The van der Waals surface area contributed by atoms with Crippen molar-refractivity contribution in [1.29, 1.82) is 0 Å². The Morgan fingerprint density at radius 1 is 1.19 bits per heavy atom. The number of amides is 3. The molecule has 1 aromatic carbocycles. The second-order valence-electron chi connectivity index (χ2n) is 10.8. The first kappa shape index (κ1) is 25.9. The van der Waals surface area contributed by atoms with Gasteiger partial charge in [-0.15, -0.1) is 0 Å². The molecule has 196 valence electrons. The molecule has 1 saturated heterocycles. The van der Waals surface area contributed by atoms with Gasteiger partial charge < -0.3 is 14.4 Å². The first-order valence-corrected chi connectivity index (χ1v) is 12.6. The van der Waals surface area contributed by atoms with Crippen molar-refractivity contribution in [2.24, 2.45) is 7.05 Å². The fraction of sp³-hybridized carbons (Fsp3) is 0.615. The SMILES string of the molecule is CN(CCCOC1CC(c2cccc3c2n(C)c(=O)n3C2CCC(=O)NC2=O)C1)C(=O)OC(C)(C)C. The molecule has 10 heteroatoms. The Hall–Kier alpha value is -3.14. The summed E-state index contributed by atoms with van der Waals surface area (Å²) in [6.07, 6.45) is 2.73. The van der Waals surface area contributed by atoms with Crippen LogP contribution < -0.4 is 11.0 Å². The van der Waals surface area contributed by atoms with Gasteiger partial charge in [-0.3, -0.25) is 24.0 Å². The highest BCUT2D eigenvalue weighted by Crippen LogP contribution is 2.41. The molecule has 2 aromatic rings. The van der Waals surface area contributed by atoms with E-state index in [1.807, 2.05) is 39.0 Å². The number of aromatic nitrogens is 2. The highest BCUT2D eigenvalue weighted by molar-refractivity contribution is 6.00. The zero-order valence-electron chi connectivity index (χ0n) is 21.7. The molecule has 36 heavy (non-hydrogen) atoms. The Bertz CT molecular complexity index is 1220. The van der Waals surface area contributed by atoms with Crippen LogP contribution in [-0.2, 0) is 26.1 Å². The molecule has 4 rings (SSSR count). The van der Waals surface area contributed by atoms with Crippen molar-refractivity contribution in [3.63, 3.8) is 0 Å². The molecule has 1 N–H and O–H groups in total. The minimum Gasteiger partial charge on any atom is -0.444 e. The molecule has 1 aliphatic heterocycles. The number of benzene rings is 1. The number of piperidine rings is 1. The van der Waals surface area contributed by atoms with E-state index in [9.17, 15) is 19.2 Å². The van der Waals surface area contributed by atoms with Crippen LogP contribution in [0, 0.1) is 0 Å². The van der Waals surface area contributed by atoms with E-state index in [-0.39, 0.29) is 36.1 Å². The quantitative estimate of drug-likeness (QED) is 0.462. The molecule has 2 heterocycles. The summed E-state index contributed by atoms with van der Waals surface area (Å²) < 4.78 is 14.5. The first-order valence-electron chi connectivity index (χ1n) is 12.6. The van der Waals surface area contributed by atoms with Crippen LogP contribution in [0.25, 0.3) is 11.0 Å². The second-order valence-corrected chi connectivity index (χ2v) is 10.8. The second kappa shape index (κ2) is 10.1. The summed E-state index contributed by atoms with van der Waals surface area (Å²) in [4.78, 5) is 50.8. The molecule has 1 saturated carbocycles. The predicted molar refractivity (Wildman–Crippen MR) is 134 cm³/mol. The van der Waals surface area contributed by atoms with E-state index in [0.29, 0.717) is 25.1 Å². The molecule has 1 aromatic heterocycles. The van der Waals surface area contributed by atoms with Crippen molar-refractivity contribution in [2.45, 2.75) is 76.5 Å². The minimum atomic E-state index is -0.689. The third kappa shape index (κ3) is 5.33. The average Bonchev–Trinajstić information content (AvgIpc) is 3.02. The number of imidazole rings is 1. The summed E-state index contributed by atoms with van der Waals surface area (Å²) in [5.41, 5.74) is 1.84. The average molecular weight is 501 g/mol. The first-order chi connectivity index (χ1) is 17.0. The molecule has 1 unspecified atom stereocenters. The molecule has 10 nitrogen and oxygen atoms in total. The molecule has 1 atom stereocenters. The van der Waals surface area contributed by atoms with E-state index in [2.05, 4.69) is 5.32 Å². The molecule has 0 radical (unpaired) electrons. The number of carbonyl (C=O) groups is 3. The Morgan fingerprint density at radius 3 is 2.58 bits per heavy atom. The molecule has 0 bridgehead atoms. The third-order valence-corrected chi connectivity index (χ3v) is 6.89. The van der Waals surface area contributed by atoms with E-state index < -0.39 is 17.6 Å². The number of rotatable bonds is 7. The zero-order chi connectivity index (χ0) is 26.2. The molecule has 3 amide bonds. The summed E-state index contributed by atoms with van der Waals surface area (Å²) in [6, 6.07) is 5.12. The normalized spacial score (nSPS) is 22.3. The van der Waals surface area contributed by atoms with E-state index in [0.717, 1.165) is 30.3 Å². The number of imide groups is 1. The van der Waals surface area contributed by atoms with Crippen LogP contribution in [0.1, 0.15) is 70.4 Å². The van der Waals surface area contributed by atoms with Gasteiger partial charge in [0.2, 0.25) is 11.8 Å². The number of nitrogens with one attached hydrogen (secondary N) is 1. The highest BCUT2D eigenvalue weighted by atomic mass is 16.6. The Labute approximate surface area is 210 Å². The maximum atomic E-state index is 13.1. The van der Waals surface area contributed by atoms with Gasteiger partial charge in [-0.05, 0) is 64.0 Å². The Balaban J connectivity index is 1.35. The lowest BCUT2D eigenvalue weighted by molar-refractivity contribution is -0.135. The molecule has 1 aliphatic carbocycles. The lowest BCUT2D eigenvalue weighted by Crippen LogP contribution is -2.44. The van der Waals surface area contributed by atoms with Crippen LogP contribution in [0.3, 0.4) is 0 Å². The van der Waals surface area contributed by atoms with Gasteiger partial charge in [0.25, 0.3) is 0 Å². The predicted octanol–water partition coefficient (Wildman–Crippen LogP) is 2.84. The number of carbonyl (C=O) groups excluding carboxylic acids is 3. The van der Waals surface area contributed by atoms with Gasteiger partial charge in [0.1, 0.15) is 11.6 Å². The van der Waals surface area contributed by atoms with Gasteiger partial charge in [0.05, 0.1) is 17.1 Å². The lowest BCUT2D eigenvalue weighted by atomic mass is 9.77. The number of hydrogen-bond donors (Lipinski definition) is 1. The number of nitrogens with zero attached hydrogens (tertiary/aromatic N) is 3. The van der Waals surface area contributed by atoms with Crippen molar-refractivity contribution in [1.82, 2.24) is 19.4 Å².